The standard InChI is InChI=1S/C15H26N2O2/c1-2-16(14-15-6-4-3-5-7-15)8-9-17(10-12-18)11-13-19/h3-7,18-19H,2,8-14H2,1H3. The molecular formula is C15H26N2O2. The molecule has 0 aliphatic heterocycles. The quantitative estimate of drug-likeness (QED) is 0.657. The van der Waals surface area contributed by atoms with Gasteiger partial charge >= 0.3 is 0 Å². The second-order valence-electron chi connectivity index (χ2n) is 4.64. The van der Waals surface area contributed by atoms with E-state index in [2.05, 4.69) is 41.0 Å². The Morgan fingerprint density at radius 3 is 1.95 bits per heavy atom. The van der Waals surface area contributed by atoms with Crippen molar-refractivity contribution in [1.29, 1.82) is 0 Å². The molecule has 0 saturated heterocycles. The summed E-state index contributed by atoms with van der Waals surface area (Å²) in [4.78, 5) is 4.46. The predicted molar refractivity (Wildman–Crippen MR) is 78.0 cm³/mol. The average Bonchev–Trinajstić information content (AvgIpc) is 2.44. The lowest BCUT2D eigenvalue weighted by molar-refractivity contribution is 0.142. The third kappa shape index (κ3) is 6.68. The van der Waals surface area contributed by atoms with Gasteiger partial charge in [-0.2, -0.15) is 0 Å². The fourth-order valence-corrected chi connectivity index (χ4v) is 2.09. The fourth-order valence-electron chi connectivity index (χ4n) is 2.09. The van der Waals surface area contributed by atoms with E-state index in [0.29, 0.717) is 13.1 Å². The van der Waals surface area contributed by atoms with Gasteiger partial charge in [0.05, 0.1) is 13.2 Å². The molecular weight excluding hydrogens is 240 g/mol. The van der Waals surface area contributed by atoms with Gasteiger partial charge in [0.25, 0.3) is 0 Å². The van der Waals surface area contributed by atoms with E-state index >= 15 is 0 Å². The van der Waals surface area contributed by atoms with E-state index in [-0.39, 0.29) is 13.2 Å². The van der Waals surface area contributed by atoms with Crippen LogP contribution in [0.1, 0.15) is 12.5 Å². The molecule has 0 heterocycles. The van der Waals surface area contributed by atoms with Crippen molar-refractivity contribution in [1.82, 2.24) is 9.80 Å². The van der Waals surface area contributed by atoms with Crippen molar-refractivity contribution in [3.63, 3.8) is 0 Å². The summed E-state index contributed by atoms with van der Waals surface area (Å²) < 4.78 is 0. The molecule has 1 aromatic rings. The summed E-state index contributed by atoms with van der Waals surface area (Å²) in [7, 11) is 0. The number of hydrogen-bond acceptors (Lipinski definition) is 4. The molecule has 1 rings (SSSR count). The van der Waals surface area contributed by atoms with Crippen LogP contribution in [0, 0.1) is 0 Å². The lowest BCUT2D eigenvalue weighted by Gasteiger charge is -2.26. The van der Waals surface area contributed by atoms with Gasteiger partial charge in [0, 0.05) is 32.7 Å². The summed E-state index contributed by atoms with van der Waals surface area (Å²) in [6.07, 6.45) is 0. The van der Waals surface area contributed by atoms with Crippen LogP contribution in [0.15, 0.2) is 30.3 Å². The van der Waals surface area contributed by atoms with Crippen molar-refractivity contribution in [3.05, 3.63) is 35.9 Å². The molecule has 0 radical (unpaired) electrons. The lowest BCUT2D eigenvalue weighted by atomic mass is 10.2. The Morgan fingerprint density at radius 1 is 0.842 bits per heavy atom. The smallest absolute Gasteiger partial charge is 0.0558 e. The van der Waals surface area contributed by atoms with Gasteiger partial charge in [0.2, 0.25) is 0 Å². The maximum atomic E-state index is 8.98. The Balaban J connectivity index is 2.38. The van der Waals surface area contributed by atoms with Crippen LogP contribution in [-0.2, 0) is 6.54 Å². The molecule has 108 valence electrons. The van der Waals surface area contributed by atoms with Crippen LogP contribution in [0.4, 0.5) is 0 Å². The van der Waals surface area contributed by atoms with Crippen LogP contribution in [0.3, 0.4) is 0 Å². The maximum Gasteiger partial charge on any atom is 0.0558 e. The van der Waals surface area contributed by atoms with Crippen LogP contribution in [-0.4, -0.2) is 66.0 Å². The zero-order valence-electron chi connectivity index (χ0n) is 11.8. The molecule has 0 aromatic heterocycles. The van der Waals surface area contributed by atoms with Crippen LogP contribution < -0.4 is 0 Å². The Labute approximate surface area is 116 Å². The van der Waals surface area contributed by atoms with Crippen molar-refractivity contribution in [2.45, 2.75) is 13.5 Å². The minimum absolute atomic E-state index is 0.144. The van der Waals surface area contributed by atoms with Crippen molar-refractivity contribution in [2.24, 2.45) is 0 Å². The largest absolute Gasteiger partial charge is 0.395 e. The molecule has 2 N–H and O–H groups in total. The normalized spacial score (nSPS) is 11.4. The monoisotopic (exact) mass is 266 g/mol. The third-order valence-corrected chi connectivity index (χ3v) is 3.26. The van der Waals surface area contributed by atoms with Crippen molar-refractivity contribution in [2.75, 3.05) is 45.9 Å². The van der Waals surface area contributed by atoms with Crippen LogP contribution in [0.2, 0.25) is 0 Å². The van der Waals surface area contributed by atoms with Crippen LogP contribution in [0.25, 0.3) is 0 Å². The van der Waals surface area contributed by atoms with E-state index in [1.54, 1.807) is 0 Å². The van der Waals surface area contributed by atoms with E-state index < -0.39 is 0 Å². The van der Waals surface area contributed by atoms with Gasteiger partial charge in [-0.15, -0.1) is 0 Å². The fraction of sp³-hybridized carbons (Fsp3) is 0.600. The van der Waals surface area contributed by atoms with Crippen LogP contribution >= 0.6 is 0 Å². The zero-order valence-corrected chi connectivity index (χ0v) is 11.8. The molecule has 0 aliphatic carbocycles. The van der Waals surface area contributed by atoms with Gasteiger partial charge in [0.15, 0.2) is 0 Å². The van der Waals surface area contributed by atoms with Crippen molar-refractivity contribution >= 4 is 0 Å². The van der Waals surface area contributed by atoms with E-state index in [0.717, 1.165) is 26.2 Å². The summed E-state index contributed by atoms with van der Waals surface area (Å²) in [6.45, 7) is 7.48. The third-order valence-electron chi connectivity index (χ3n) is 3.26. The number of aliphatic hydroxyl groups excluding tert-OH is 2. The van der Waals surface area contributed by atoms with Crippen molar-refractivity contribution in [3.8, 4) is 0 Å². The maximum absolute atomic E-state index is 8.98. The SMILES string of the molecule is CCN(CCN(CCO)CCO)Cc1ccccc1. The zero-order chi connectivity index (χ0) is 13.9. The highest BCUT2D eigenvalue weighted by Gasteiger charge is 2.07. The van der Waals surface area contributed by atoms with Crippen molar-refractivity contribution < 1.29 is 10.2 Å². The molecule has 0 unspecified atom stereocenters. The molecule has 0 fully saturated rings. The number of likely N-dealkylation sites (N-methyl/N-ethyl adjacent to an activating group) is 1. The van der Waals surface area contributed by atoms with Gasteiger partial charge in [0.1, 0.15) is 0 Å². The number of rotatable bonds is 10. The molecule has 4 nitrogen and oxygen atoms in total. The molecule has 1 aromatic carbocycles. The van der Waals surface area contributed by atoms with Gasteiger partial charge in [-0.25, -0.2) is 0 Å². The first-order valence-electron chi connectivity index (χ1n) is 7.00. The highest BCUT2D eigenvalue weighted by molar-refractivity contribution is 5.14. The highest BCUT2D eigenvalue weighted by Crippen LogP contribution is 2.04. The number of nitrogens with zero attached hydrogens (tertiary/aromatic N) is 2. The number of aliphatic hydroxyl groups is 2. The topological polar surface area (TPSA) is 46.9 Å². The molecule has 0 bridgehead atoms. The van der Waals surface area contributed by atoms with Gasteiger partial charge in [-0.3, -0.25) is 9.80 Å². The molecule has 19 heavy (non-hydrogen) atoms. The first-order chi connectivity index (χ1) is 9.30. The van der Waals surface area contributed by atoms with Crippen LogP contribution in [0.5, 0.6) is 0 Å². The number of benzene rings is 1. The second kappa shape index (κ2) is 9.92. The molecule has 0 aliphatic rings. The summed E-state index contributed by atoms with van der Waals surface area (Å²) >= 11 is 0. The Bertz CT molecular complexity index is 313. The molecule has 0 saturated carbocycles. The summed E-state index contributed by atoms with van der Waals surface area (Å²) in [5, 5.41) is 18.0. The lowest BCUT2D eigenvalue weighted by Crippen LogP contribution is -2.37. The number of hydrogen-bond donors (Lipinski definition) is 2. The summed E-state index contributed by atoms with van der Waals surface area (Å²) in [5.41, 5.74) is 1.32. The Hall–Kier alpha value is -0.940. The molecule has 4 heteroatoms. The Morgan fingerprint density at radius 2 is 1.42 bits per heavy atom. The second-order valence-corrected chi connectivity index (χ2v) is 4.64. The average molecular weight is 266 g/mol. The highest BCUT2D eigenvalue weighted by atomic mass is 16.3. The first kappa shape index (κ1) is 16.1. The predicted octanol–water partition coefficient (Wildman–Crippen LogP) is 0.795. The van der Waals surface area contributed by atoms with Gasteiger partial charge in [-0.05, 0) is 12.1 Å². The van der Waals surface area contributed by atoms with E-state index in [4.69, 9.17) is 10.2 Å². The van der Waals surface area contributed by atoms with E-state index in [1.165, 1.54) is 5.56 Å². The molecule has 0 spiro atoms. The van der Waals surface area contributed by atoms with Gasteiger partial charge < -0.3 is 10.2 Å². The summed E-state index contributed by atoms with van der Waals surface area (Å²) in [6, 6.07) is 10.4. The minimum Gasteiger partial charge on any atom is -0.395 e. The van der Waals surface area contributed by atoms with Gasteiger partial charge in [-0.1, -0.05) is 37.3 Å². The minimum atomic E-state index is 0.144. The molecule has 0 amide bonds. The van der Waals surface area contributed by atoms with E-state index in [9.17, 15) is 0 Å². The van der Waals surface area contributed by atoms with E-state index in [1.807, 2.05) is 6.07 Å². The summed E-state index contributed by atoms with van der Waals surface area (Å²) in [5.74, 6) is 0. The first-order valence-corrected chi connectivity index (χ1v) is 7.00. The Kier molecular flexibility index (Phi) is 8.41. The molecule has 0 atom stereocenters.